The normalized spacial score (nSPS) is 17.5. The first-order valence-electron chi connectivity index (χ1n) is 4.50. The van der Waals surface area contributed by atoms with E-state index in [1.807, 2.05) is 0 Å². The van der Waals surface area contributed by atoms with E-state index in [9.17, 15) is 22.8 Å². The maximum absolute atomic E-state index is 11.8. The van der Waals surface area contributed by atoms with Crippen molar-refractivity contribution in [3.8, 4) is 0 Å². The van der Waals surface area contributed by atoms with Crippen molar-refractivity contribution in [1.82, 2.24) is 10.2 Å². The lowest BCUT2D eigenvalue weighted by atomic mass is 10.2. The van der Waals surface area contributed by atoms with E-state index in [4.69, 9.17) is 0 Å². The van der Waals surface area contributed by atoms with Crippen LogP contribution >= 0.6 is 0 Å². The summed E-state index contributed by atoms with van der Waals surface area (Å²) in [5.74, 6) is -0.955. The van der Waals surface area contributed by atoms with Crippen LogP contribution in [-0.2, 0) is 9.59 Å². The van der Waals surface area contributed by atoms with E-state index in [0.717, 1.165) is 4.90 Å². The molecule has 4 nitrogen and oxygen atoms in total. The highest BCUT2D eigenvalue weighted by molar-refractivity contribution is 5.85. The van der Waals surface area contributed by atoms with E-state index in [1.54, 1.807) is 0 Å². The van der Waals surface area contributed by atoms with Crippen LogP contribution in [0.25, 0.3) is 0 Å². The second-order valence-electron chi connectivity index (χ2n) is 3.28. The largest absolute Gasteiger partial charge is 0.389 e. The number of piperazine rings is 1. The number of nitrogens with zero attached hydrogens (tertiary/aromatic N) is 1. The molecule has 86 valence electrons. The molecule has 1 aliphatic heterocycles. The Morgan fingerprint density at radius 1 is 1.47 bits per heavy atom. The van der Waals surface area contributed by atoms with Crippen LogP contribution in [0.5, 0.6) is 0 Å². The van der Waals surface area contributed by atoms with Gasteiger partial charge in [0.15, 0.2) is 0 Å². The van der Waals surface area contributed by atoms with Crippen LogP contribution in [0.3, 0.4) is 0 Å². The van der Waals surface area contributed by atoms with E-state index in [-0.39, 0.29) is 19.0 Å². The maximum atomic E-state index is 11.8. The Bertz CT molecular complexity index is 265. The third kappa shape index (κ3) is 4.18. The molecule has 0 aromatic carbocycles. The molecule has 0 unspecified atom stereocenters. The minimum absolute atomic E-state index is 0.142. The van der Waals surface area contributed by atoms with Gasteiger partial charge < -0.3 is 10.2 Å². The Labute approximate surface area is 84.4 Å². The Balaban J connectivity index is 2.36. The van der Waals surface area contributed by atoms with Gasteiger partial charge in [0.2, 0.25) is 11.8 Å². The molecule has 0 saturated carbocycles. The average Bonchev–Trinajstić information content (AvgIpc) is 2.13. The molecular formula is C8H11F3N2O2. The topological polar surface area (TPSA) is 49.4 Å². The highest BCUT2D eigenvalue weighted by Crippen LogP contribution is 2.21. The number of carbonyl (C=O) groups excluding carboxylic acids is 2. The molecule has 1 rings (SSSR count). The number of alkyl halides is 3. The lowest BCUT2D eigenvalue weighted by Gasteiger charge is -2.26. The Morgan fingerprint density at radius 3 is 2.67 bits per heavy atom. The first kappa shape index (κ1) is 11.8. The lowest BCUT2D eigenvalue weighted by molar-refractivity contribution is -0.150. The predicted octanol–water partition coefficient (Wildman–Crippen LogP) is 0.287. The van der Waals surface area contributed by atoms with Gasteiger partial charge in [-0.05, 0) is 0 Å². The summed E-state index contributed by atoms with van der Waals surface area (Å²) in [6, 6.07) is 0. The number of hydrogen-bond donors (Lipinski definition) is 1. The zero-order valence-electron chi connectivity index (χ0n) is 7.93. The molecule has 0 bridgehead atoms. The quantitative estimate of drug-likeness (QED) is 0.732. The highest BCUT2D eigenvalue weighted by Gasteiger charge is 2.30. The first-order chi connectivity index (χ1) is 6.88. The van der Waals surface area contributed by atoms with Crippen molar-refractivity contribution in [2.75, 3.05) is 19.6 Å². The number of nitrogens with one attached hydrogen (secondary N) is 1. The summed E-state index contributed by atoms with van der Waals surface area (Å²) in [7, 11) is 0. The monoisotopic (exact) mass is 224 g/mol. The minimum atomic E-state index is -4.33. The van der Waals surface area contributed by atoms with Crippen LogP contribution in [0.2, 0.25) is 0 Å². The molecule has 1 aliphatic rings. The van der Waals surface area contributed by atoms with E-state index in [2.05, 4.69) is 5.32 Å². The minimum Gasteiger partial charge on any atom is -0.353 e. The van der Waals surface area contributed by atoms with Gasteiger partial charge in [0.05, 0.1) is 13.0 Å². The number of amides is 2. The first-order valence-corrected chi connectivity index (χ1v) is 4.50. The summed E-state index contributed by atoms with van der Waals surface area (Å²) in [5.41, 5.74) is 0. The summed E-state index contributed by atoms with van der Waals surface area (Å²) in [6.07, 6.45) is -6.05. The van der Waals surface area contributed by atoms with Gasteiger partial charge in [-0.3, -0.25) is 9.59 Å². The second-order valence-corrected chi connectivity index (χ2v) is 3.28. The van der Waals surface area contributed by atoms with E-state index < -0.39 is 24.9 Å². The molecule has 0 radical (unpaired) electrons. The fourth-order valence-corrected chi connectivity index (χ4v) is 1.26. The summed E-state index contributed by atoms with van der Waals surface area (Å²) in [6.45, 7) is 0.440. The second kappa shape index (κ2) is 4.50. The zero-order valence-corrected chi connectivity index (χ0v) is 7.93. The Hall–Kier alpha value is -1.27. The van der Waals surface area contributed by atoms with Crippen molar-refractivity contribution in [1.29, 1.82) is 0 Å². The molecule has 1 N–H and O–H groups in total. The van der Waals surface area contributed by atoms with E-state index in [1.165, 1.54) is 0 Å². The molecular weight excluding hydrogens is 213 g/mol. The zero-order chi connectivity index (χ0) is 11.5. The van der Waals surface area contributed by atoms with E-state index >= 15 is 0 Å². The molecule has 1 heterocycles. The summed E-state index contributed by atoms with van der Waals surface area (Å²) in [5, 5.41) is 2.48. The third-order valence-corrected chi connectivity index (χ3v) is 2.01. The van der Waals surface area contributed by atoms with Gasteiger partial charge >= 0.3 is 6.18 Å². The van der Waals surface area contributed by atoms with E-state index in [0.29, 0.717) is 6.54 Å². The van der Waals surface area contributed by atoms with Crippen molar-refractivity contribution in [2.45, 2.75) is 19.0 Å². The molecule has 7 heteroatoms. The number of rotatable bonds is 2. The van der Waals surface area contributed by atoms with Gasteiger partial charge in [-0.15, -0.1) is 0 Å². The third-order valence-electron chi connectivity index (χ3n) is 2.01. The highest BCUT2D eigenvalue weighted by atomic mass is 19.4. The molecule has 0 aliphatic carbocycles. The summed E-state index contributed by atoms with van der Waals surface area (Å²) in [4.78, 5) is 23.2. The fraction of sp³-hybridized carbons (Fsp3) is 0.750. The standard InChI is InChI=1S/C8H11F3N2O2/c9-8(10,11)2-1-7(15)13-4-3-12-6(14)5-13/h1-5H2,(H,12,14). The molecule has 0 spiro atoms. The van der Waals surface area contributed by atoms with Gasteiger partial charge in [-0.25, -0.2) is 0 Å². The SMILES string of the molecule is O=C1CN(C(=O)CCC(F)(F)F)CCN1. The summed E-state index contributed by atoms with van der Waals surface area (Å²) >= 11 is 0. The predicted molar refractivity (Wildman–Crippen MR) is 44.9 cm³/mol. The van der Waals surface area contributed by atoms with Crippen LogP contribution in [0, 0.1) is 0 Å². The van der Waals surface area contributed by atoms with Crippen LogP contribution in [-0.4, -0.2) is 42.5 Å². The number of halogens is 3. The number of carbonyl (C=O) groups is 2. The summed E-state index contributed by atoms with van der Waals surface area (Å²) < 4.78 is 35.4. The Morgan fingerprint density at radius 2 is 2.13 bits per heavy atom. The van der Waals surface area contributed by atoms with Gasteiger partial charge in [-0.2, -0.15) is 13.2 Å². The maximum Gasteiger partial charge on any atom is 0.389 e. The van der Waals surface area contributed by atoms with Gasteiger partial charge in [0, 0.05) is 19.5 Å². The smallest absolute Gasteiger partial charge is 0.353 e. The fourth-order valence-electron chi connectivity index (χ4n) is 1.26. The average molecular weight is 224 g/mol. The van der Waals surface area contributed by atoms with Crippen molar-refractivity contribution in [3.63, 3.8) is 0 Å². The molecule has 0 atom stereocenters. The van der Waals surface area contributed by atoms with Crippen molar-refractivity contribution >= 4 is 11.8 Å². The van der Waals surface area contributed by atoms with Gasteiger partial charge in [0.25, 0.3) is 0 Å². The van der Waals surface area contributed by atoms with Crippen LogP contribution < -0.4 is 5.32 Å². The molecule has 2 amide bonds. The lowest BCUT2D eigenvalue weighted by Crippen LogP contribution is -2.50. The van der Waals surface area contributed by atoms with Crippen LogP contribution in [0.4, 0.5) is 13.2 Å². The number of hydrogen-bond acceptors (Lipinski definition) is 2. The van der Waals surface area contributed by atoms with Crippen molar-refractivity contribution in [2.24, 2.45) is 0 Å². The Kier molecular flexibility index (Phi) is 3.54. The molecule has 0 aromatic rings. The van der Waals surface area contributed by atoms with Crippen LogP contribution in [0.1, 0.15) is 12.8 Å². The van der Waals surface area contributed by atoms with Crippen LogP contribution in [0.15, 0.2) is 0 Å². The molecule has 1 saturated heterocycles. The van der Waals surface area contributed by atoms with Crippen molar-refractivity contribution < 1.29 is 22.8 Å². The van der Waals surface area contributed by atoms with Crippen molar-refractivity contribution in [3.05, 3.63) is 0 Å². The molecule has 15 heavy (non-hydrogen) atoms. The van der Waals surface area contributed by atoms with Gasteiger partial charge in [0.1, 0.15) is 0 Å². The molecule has 0 aromatic heterocycles. The molecule has 1 fully saturated rings. The van der Waals surface area contributed by atoms with Gasteiger partial charge in [-0.1, -0.05) is 0 Å².